The molecule has 0 aliphatic heterocycles. The summed E-state index contributed by atoms with van der Waals surface area (Å²) < 4.78 is 26.5. The molecule has 0 amide bonds. The fourth-order valence-electron chi connectivity index (χ4n) is 2.16. The highest BCUT2D eigenvalue weighted by Gasteiger charge is 2.20. The van der Waals surface area contributed by atoms with Gasteiger partial charge in [-0.1, -0.05) is 12.8 Å². The summed E-state index contributed by atoms with van der Waals surface area (Å²) in [6.45, 7) is 4.58. The number of hydrogen-bond acceptors (Lipinski definition) is 3. The Kier molecular flexibility index (Phi) is 5.05. The molecule has 5 heteroatoms. The van der Waals surface area contributed by atoms with Gasteiger partial charge in [-0.15, -0.1) is 0 Å². The molecule has 1 aromatic carbocycles. The second kappa shape index (κ2) is 6.59. The lowest BCUT2D eigenvalue weighted by Crippen LogP contribution is -2.30. The van der Waals surface area contributed by atoms with Gasteiger partial charge in [0.05, 0.1) is 4.90 Å². The van der Waals surface area contributed by atoms with Crippen LogP contribution in [-0.4, -0.2) is 21.0 Å². The maximum atomic E-state index is 12.0. The number of hydrogen-bond donors (Lipinski definition) is 2. The quantitative estimate of drug-likeness (QED) is 0.725. The lowest BCUT2D eigenvalue weighted by molar-refractivity contribution is 0.570. The second-order valence-corrected chi connectivity index (χ2v) is 7.53. The van der Waals surface area contributed by atoms with Gasteiger partial charge in [0.1, 0.15) is 0 Å². The fourth-order valence-corrected chi connectivity index (χ4v) is 3.41. The van der Waals surface area contributed by atoms with E-state index < -0.39 is 10.0 Å². The summed E-state index contributed by atoms with van der Waals surface area (Å²) in [7, 11) is -3.38. The van der Waals surface area contributed by atoms with Crippen LogP contribution in [-0.2, 0) is 10.0 Å². The molecule has 20 heavy (non-hydrogen) atoms. The third kappa shape index (κ3) is 4.80. The molecule has 0 unspecified atom stereocenters. The van der Waals surface area contributed by atoms with Crippen molar-refractivity contribution >= 4 is 15.7 Å². The van der Waals surface area contributed by atoms with Crippen molar-refractivity contribution in [2.45, 2.75) is 50.5 Å². The second-order valence-electron chi connectivity index (χ2n) is 5.81. The molecule has 0 bridgehead atoms. The normalized spacial score (nSPS) is 15.6. The van der Waals surface area contributed by atoms with Crippen LogP contribution >= 0.6 is 0 Å². The minimum absolute atomic E-state index is 0.0970. The Hall–Kier alpha value is -1.07. The van der Waals surface area contributed by atoms with E-state index in [1.165, 1.54) is 25.7 Å². The zero-order chi connectivity index (χ0) is 14.6. The molecule has 4 nitrogen and oxygen atoms in total. The molecule has 0 atom stereocenters. The number of benzene rings is 1. The summed E-state index contributed by atoms with van der Waals surface area (Å²) in [5.41, 5.74) is 0.976. The number of rotatable bonds is 8. The highest BCUT2D eigenvalue weighted by molar-refractivity contribution is 7.89. The molecule has 1 aliphatic rings. The first kappa shape index (κ1) is 15.3. The van der Waals surface area contributed by atoms with Crippen LogP contribution < -0.4 is 10.0 Å². The van der Waals surface area contributed by atoms with Crippen LogP contribution in [0.2, 0.25) is 0 Å². The monoisotopic (exact) mass is 296 g/mol. The van der Waals surface area contributed by atoms with Gasteiger partial charge in [0.2, 0.25) is 10.0 Å². The molecule has 0 aromatic heterocycles. The van der Waals surface area contributed by atoms with Gasteiger partial charge in [0, 0.05) is 18.3 Å². The van der Waals surface area contributed by atoms with Crippen molar-refractivity contribution in [2.24, 2.45) is 5.92 Å². The van der Waals surface area contributed by atoms with Gasteiger partial charge >= 0.3 is 0 Å². The van der Waals surface area contributed by atoms with E-state index in [2.05, 4.69) is 10.0 Å². The number of nitrogens with one attached hydrogen (secondary N) is 2. The van der Waals surface area contributed by atoms with E-state index in [0.29, 0.717) is 4.90 Å². The minimum atomic E-state index is -3.38. The van der Waals surface area contributed by atoms with E-state index in [0.717, 1.165) is 18.2 Å². The SMILES string of the molecule is CC(C)NS(=O)(=O)c1ccc(NCCCC2CC2)cc1. The number of sulfonamides is 1. The van der Waals surface area contributed by atoms with Gasteiger partial charge in [-0.3, -0.25) is 0 Å². The lowest BCUT2D eigenvalue weighted by Gasteiger charge is -2.11. The number of anilines is 1. The van der Waals surface area contributed by atoms with E-state index >= 15 is 0 Å². The lowest BCUT2D eigenvalue weighted by atomic mass is 10.2. The first-order valence-corrected chi connectivity index (χ1v) is 8.82. The maximum Gasteiger partial charge on any atom is 0.240 e. The Morgan fingerprint density at radius 1 is 1.20 bits per heavy atom. The van der Waals surface area contributed by atoms with Gasteiger partial charge in [0.15, 0.2) is 0 Å². The largest absolute Gasteiger partial charge is 0.385 e. The Labute approximate surface area is 122 Å². The van der Waals surface area contributed by atoms with Crippen LogP contribution in [0, 0.1) is 5.92 Å². The molecule has 0 heterocycles. The molecule has 112 valence electrons. The molecular weight excluding hydrogens is 272 g/mol. The molecule has 1 fully saturated rings. The first-order chi connectivity index (χ1) is 9.47. The summed E-state index contributed by atoms with van der Waals surface area (Å²) in [5, 5.41) is 3.33. The van der Waals surface area contributed by atoms with Crippen LogP contribution in [0.3, 0.4) is 0 Å². The van der Waals surface area contributed by atoms with E-state index in [1.54, 1.807) is 12.1 Å². The predicted octanol–water partition coefficient (Wildman–Crippen LogP) is 2.98. The summed E-state index contributed by atoms with van der Waals surface area (Å²) in [5.74, 6) is 0.964. The highest BCUT2D eigenvalue weighted by Crippen LogP contribution is 2.33. The summed E-state index contributed by atoms with van der Waals surface area (Å²) >= 11 is 0. The molecule has 0 saturated heterocycles. The van der Waals surface area contributed by atoms with Crippen molar-refractivity contribution in [2.75, 3.05) is 11.9 Å². The average Bonchev–Trinajstić information content (AvgIpc) is 3.18. The smallest absolute Gasteiger partial charge is 0.240 e. The predicted molar refractivity (Wildman–Crippen MR) is 82.3 cm³/mol. The highest BCUT2D eigenvalue weighted by atomic mass is 32.2. The zero-order valence-electron chi connectivity index (χ0n) is 12.2. The third-order valence-electron chi connectivity index (χ3n) is 3.37. The van der Waals surface area contributed by atoms with Crippen LogP contribution in [0.1, 0.15) is 39.5 Å². The molecule has 0 spiro atoms. The molecule has 0 radical (unpaired) electrons. The molecule has 2 rings (SSSR count). The Bertz CT molecular complexity index is 519. The van der Waals surface area contributed by atoms with Crippen molar-refractivity contribution in [3.05, 3.63) is 24.3 Å². The van der Waals surface area contributed by atoms with E-state index in [-0.39, 0.29) is 6.04 Å². The van der Waals surface area contributed by atoms with Gasteiger partial charge in [-0.25, -0.2) is 13.1 Å². The zero-order valence-corrected chi connectivity index (χ0v) is 13.0. The van der Waals surface area contributed by atoms with Crippen molar-refractivity contribution in [3.63, 3.8) is 0 Å². The molecule has 1 aromatic rings. The summed E-state index contributed by atoms with van der Waals surface area (Å²) in [4.78, 5) is 0.315. The van der Waals surface area contributed by atoms with Crippen molar-refractivity contribution < 1.29 is 8.42 Å². The van der Waals surface area contributed by atoms with Gasteiger partial charge in [-0.05, 0) is 56.9 Å². The van der Waals surface area contributed by atoms with Gasteiger partial charge < -0.3 is 5.32 Å². The Morgan fingerprint density at radius 3 is 2.40 bits per heavy atom. The first-order valence-electron chi connectivity index (χ1n) is 7.33. The van der Waals surface area contributed by atoms with Crippen molar-refractivity contribution in [3.8, 4) is 0 Å². The molecule has 1 aliphatic carbocycles. The summed E-state index contributed by atoms with van der Waals surface area (Å²) in [6, 6.07) is 6.85. The topological polar surface area (TPSA) is 58.2 Å². The van der Waals surface area contributed by atoms with Crippen molar-refractivity contribution in [1.82, 2.24) is 4.72 Å². The van der Waals surface area contributed by atoms with E-state index in [4.69, 9.17) is 0 Å². The fraction of sp³-hybridized carbons (Fsp3) is 0.600. The Morgan fingerprint density at radius 2 is 1.85 bits per heavy atom. The van der Waals surface area contributed by atoms with Crippen LogP contribution in [0.5, 0.6) is 0 Å². The van der Waals surface area contributed by atoms with E-state index in [1.807, 2.05) is 26.0 Å². The standard InChI is InChI=1S/C15H24N2O2S/c1-12(2)17-20(18,19)15-9-7-14(8-10-15)16-11-3-4-13-5-6-13/h7-10,12-13,16-17H,3-6,11H2,1-2H3. The van der Waals surface area contributed by atoms with Crippen LogP contribution in [0.15, 0.2) is 29.2 Å². The minimum Gasteiger partial charge on any atom is -0.385 e. The Balaban J connectivity index is 1.85. The van der Waals surface area contributed by atoms with Crippen LogP contribution in [0.25, 0.3) is 0 Å². The van der Waals surface area contributed by atoms with E-state index in [9.17, 15) is 8.42 Å². The summed E-state index contributed by atoms with van der Waals surface area (Å²) in [6.07, 6.45) is 5.28. The van der Waals surface area contributed by atoms with Crippen molar-refractivity contribution in [1.29, 1.82) is 0 Å². The molecule has 2 N–H and O–H groups in total. The molecule has 1 saturated carbocycles. The van der Waals surface area contributed by atoms with Crippen LogP contribution in [0.4, 0.5) is 5.69 Å². The van der Waals surface area contributed by atoms with Gasteiger partial charge in [-0.2, -0.15) is 0 Å². The van der Waals surface area contributed by atoms with Gasteiger partial charge in [0.25, 0.3) is 0 Å². The average molecular weight is 296 g/mol. The molecular formula is C15H24N2O2S. The third-order valence-corrected chi connectivity index (χ3v) is 5.05. The maximum absolute atomic E-state index is 12.0.